The largest absolute Gasteiger partial charge is 0.326 e. The second-order valence-corrected chi connectivity index (χ2v) is 5.90. The van der Waals surface area contributed by atoms with E-state index in [9.17, 15) is 0 Å². The number of nitrogens with zero attached hydrogens (tertiary/aromatic N) is 1. The fraction of sp³-hybridized carbons (Fsp3) is 0.692. The van der Waals surface area contributed by atoms with Crippen LogP contribution in [0.2, 0.25) is 0 Å². The lowest BCUT2D eigenvalue weighted by Gasteiger charge is -2.25. The summed E-state index contributed by atoms with van der Waals surface area (Å²) in [5, 5.41) is 0. The van der Waals surface area contributed by atoms with Crippen molar-refractivity contribution in [3.05, 3.63) is 21.4 Å². The molecule has 1 rings (SSSR count). The van der Waals surface area contributed by atoms with Crippen LogP contribution in [0, 0.1) is 6.92 Å². The van der Waals surface area contributed by atoms with Crippen LogP contribution in [0.15, 0.2) is 6.07 Å². The number of nitrogens with two attached hydrogens (primary N) is 1. The van der Waals surface area contributed by atoms with E-state index in [0.29, 0.717) is 12.6 Å². The predicted molar refractivity (Wildman–Crippen MR) is 72.8 cm³/mol. The van der Waals surface area contributed by atoms with Crippen LogP contribution >= 0.6 is 11.3 Å². The summed E-state index contributed by atoms with van der Waals surface area (Å²) in [6.45, 7) is 11.9. The minimum absolute atomic E-state index is 0.612. The van der Waals surface area contributed by atoms with E-state index < -0.39 is 0 Å². The van der Waals surface area contributed by atoms with Gasteiger partial charge in [-0.05, 0) is 45.4 Å². The summed E-state index contributed by atoms with van der Waals surface area (Å²) in [5.74, 6) is 0. The normalized spacial score (nSPS) is 11.7. The Bertz CT molecular complexity index is 318. The van der Waals surface area contributed by atoms with Crippen molar-refractivity contribution in [3.63, 3.8) is 0 Å². The van der Waals surface area contributed by atoms with Gasteiger partial charge in [0.2, 0.25) is 0 Å². The maximum atomic E-state index is 5.68. The Morgan fingerprint density at radius 3 is 2.56 bits per heavy atom. The molecule has 0 unspecified atom stereocenters. The average Bonchev–Trinajstić information content (AvgIpc) is 2.59. The number of hydrogen-bond acceptors (Lipinski definition) is 3. The quantitative estimate of drug-likeness (QED) is 0.827. The zero-order valence-corrected chi connectivity index (χ0v) is 11.7. The third-order valence-corrected chi connectivity index (χ3v) is 4.00. The zero-order valence-electron chi connectivity index (χ0n) is 10.9. The van der Waals surface area contributed by atoms with Crippen molar-refractivity contribution in [3.8, 4) is 0 Å². The number of thiophene rings is 1. The molecule has 0 fully saturated rings. The standard InChI is InChI=1S/C13H24N2S/c1-5-6-15(10(2)3)9-12-7-13(8-14)16-11(12)4/h7,10H,5-6,8-9,14H2,1-4H3. The van der Waals surface area contributed by atoms with Crippen molar-refractivity contribution in [1.29, 1.82) is 0 Å². The third-order valence-electron chi connectivity index (χ3n) is 2.89. The molecule has 0 aliphatic carbocycles. The van der Waals surface area contributed by atoms with Gasteiger partial charge in [0.1, 0.15) is 0 Å². The van der Waals surface area contributed by atoms with Crippen molar-refractivity contribution in [1.82, 2.24) is 4.90 Å². The van der Waals surface area contributed by atoms with Gasteiger partial charge < -0.3 is 5.73 Å². The van der Waals surface area contributed by atoms with E-state index in [0.717, 1.165) is 6.54 Å². The van der Waals surface area contributed by atoms with E-state index in [2.05, 4.69) is 38.7 Å². The summed E-state index contributed by atoms with van der Waals surface area (Å²) in [6, 6.07) is 2.88. The molecule has 0 atom stereocenters. The van der Waals surface area contributed by atoms with Crippen LogP contribution in [-0.2, 0) is 13.1 Å². The van der Waals surface area contributed by atoms with Gasteiger partial charge in [0.05, 0.1) is 0 Å². The molecular formula is C13H24N2S. The SMILES string of the molecule is CCCN(Cc1cc(CN)sc1C)C(C)C. The Morgan fingerprint density at radius 1 is 1.44 bits per heavy atom. The minimum Gasteiger partial charge on any atom is -0.326 e. The highest BCUT2D eigenvalue weighted by atomic mass is 32.1. The van der Waals surface area contributed by atoms with Crippen molar-refractivity contribution in [2.24, 2.45) is 5.73 Å². The molecule has 92 valence electrons. The lowest BCUT2D eigenvalue weighted by atomic mass is 10.2. The topological polar surface area (TPSA) is 29.3 Å². The van der Waals surface area contributed by atoms with Gasteiger partial charge in [-0.3, -0.25) is 4.90 Å². The number of hydrogen-bond donors (Lipinski definition) is 1. The van der Waals surface area contributed by atoms with E-state index in [1.165, 1.54) is 28.3 Å². The molecule has 0 aromatic carbocycles. The highest BCUT2D eigenvalue weighted by Crippen LogP contribution is 2.23. The lowest BCUT2D eigenvalue weighted by Crippen LogP contribution is -2.31. The Labute approximate surface area is 103 Å². The zero-order chi connectivity index (χ0) is 12.1. The smallest absolute Gasteiger partial charge is 0.0274 e. The molecule has 1 heterocycles. The van der Waals surface area contributed by atoms with Gasteiger partial charge in [-0.25, -0.2) is 0 Å². The molecule has 1 aromatic heterocycles. The van der Waals surface area contributed by atoms with Gasteiger partial charge in [0, 0.05) is 28.9 Å². The van der Waals surface area contributed by atoms with Crippen LogP contribution in [0.1, 0.15) is 42.5 Å². The lowest BCUT2D eigenvalue weighted by molar-refractivity contribution is 0.213. The molecule has 0 radical (unpaired) electrons. The first kappa shape index (κ1) is 13.7. The van der Waals surface area contributed by atoms with Crippen LogP contribution in [-0.4, -0.2) is 17.5 Å². The summed E-state index contributed by atoms with van der Waals surface area (Å²) in [5.41, 5.74) is 7.13. The van der Waals surface area contributed by atoms with E-state index in [1.54, 1.807) is 0 Å². The van der Waals surface area contributed by atoms with Gasteiger partial charge in [-0.2, -0.15) is 0 Å². The molecule has 1 aromatic rings. The summed E-state index contributed by atoms with van der Waals surface area (Å²) in [6.07, 6.45) is 1.21. The summed E-state index contributed by atoms with van der Waals surface area (Å²) in [4.78, 5) is 5.24. The monoisotopic (exact) mass is 240 g/mol. The van der Waals surface area contributed by atoms with Crippen LogP contribution in [0.25, 0.3) is 0 Å². The molecule has 3 heteroatoms. The molecule has 0 saturated heterocycles. The fourth-order valence-electron chi connectivity index (χ4n) is 1.87. The van der Waals surface area contributed by atoms with Gasteiger partial charge in [0.15, 0.2) is 0 Å². The first-order valence-electron chi connectivity index (χ1n) is 6.10. The van der Waals surface area contributed by atoms with Crippen molar-refractivity contribution in [2.75, 3.05) is 6.54 Å². The first-order valence-corrected chi connectivity index (χ1v) is 6.92. The molecule has 0 aliphatic heterocycles. The van der Waals surface area contributed by atoms with E-state index >= 15 is 0 Å². The van der Waals surface area contributed by atoms with E-state index in [-0.39, 0.29) is 0 Å². The van der Waals surface area contributed by atoms with Crippen molar-refractivity contribution >= 4 is 11.3 Å². The number of rotatable bonds is 6. The van der Waals surface area contributed by atoms with Crippen molar-refractivity contribution in [2.45, 2.75) is 53.2 Å². The average molecular weight is 240 g/mol. The summed E-state index contributed by atoms with van der Waals surface area (Å²) < 4.78 is 0. The highest BCUT2D eigenvalue weighted by Gasteiger charge is 2.12. The van der Waals surface area contributed by atoms with Crippen molar-refractivity contribution < 1.29 is 0 Å². The van der Waals surface area contributed by atoms with Crippen LogP contribution in [0.3, 0.4) is 0 Å². The number of aryl methyl sites for hydroxylation is 1. The van der Waals surface area contributed by atoms with Crippen LogP contribution < -0.4 is 5.73 Å². The van der Waals surface area contributed by atoms with Crippen LogP contribution in [0.5, 0.6) is 0 Å². The minimum atomic E-state index is 0.612. The molecule has 0 aliphatic rings. The Morgan fingerprint density at radius 2 is 2.12 bits per heavy atom. The predicted octanol–water partition coefficient (Wildman–Crippen LogP) is 3.14. The second kappa shape index (κ2) is 6.38. The molecule has 2 N–H and O–H groups in total. The molecular weight excluding hydrogens is 216 g/mol. The Kier molecular flexibility index (Phi) is 5.46. The summed E-state index contributed by atoms with van der Waals surface area (Å²) >= 11 is 1.83. The Balaban J connectivity index is 2.72. The third kappa shape index (κ3) is 3.58. The van der Waals surface area contributed by atoms with Gasteiger partial charge in [-0.1, -0.05) is 6.92 Å². The van der Waals surface area contributed by atoms with Gasteiger partial charge >= 0.3 is 0 Å². The molecule has 2 nitrogen and oxygen atoms in total. The molecule has 0 bridgehead atoms. The second-order valence-electron chi connectivity index (χ2n) is 4.56. The summed E-state index contributed by atoms with van der Waals surface area (Å²) in [7, 11) is 0. The van der Waals surface area contributed by atoms with E-state index in [4.69, 9.17) is 5.73 Å². The first-order chi connectivity index (χ1) is 7.58. The molecule has 0 saturated carbocycles. The molecule has 16 heavy (non-hydrogen) atoms. The maximum Gasteiger partial charge on any atom is 0.0274 e. The fourth-order valence-corrected chi connectivity index (χ4v) is 2.80. The van der Waals surface area contributed by atoms with Gasteiger partial charge in [-0.15, -0.1) is 11.3 Å². The maximum absolute atomic E-state index is 5.68. The Hall–Kier alpha value is -0.380. The van der Waals surface area contributed by atoms with Gasteiger partial charge in [0.25, 0.3) is 0 Å². The van der Waals surface area contributed by atoms with Crippen LogP contribution in [0.4, 0.5) is 0 Å². The van der Waals surface area contributed by atoms with E-state index in [1.807, 2.05) is 11.3 Å². The highest BCUT2D eigenvalue weighted by molar-refractivity contribution is 7.12. The molecule has 0 amide bonds. The molecule has 0 spiro atoms.